The topological polar surface area (TPSA) is 84.5 Å². The van der Waals surface area contributed by atoms with Crippen LogP contribution in [0.5, 0.6) is 0 Å². The normalized spacial score (nSPS) is 10.7. The molecule has 6 nitrogen and oxygen atoms in total. The van der Waals surface area contributed by atoms with E-state index in [1.165, 1.54) is 0 Å². The van der Waals surface area contributed by atoms with Crippen LogP contribution in [0.15, 0.2) is 24.3 Å². The van der Waals surface area contributed by atoms with Crippen LogP contribution in [-0.4, -0.2) is 37.0 Å². The maximum atomic E-state index is 11.6. The lowest BCUT2D eigenvalue weighted by Crippen LogP contribution is -2.40. The zero-order valence-electron chi connectivity index (χ0n) is 13.1. The molecule has 6 heteroatoms. The van der Waals surface area contributed by atoms with Gasteiger partial charge in [-0.25, -0.2) is 4.79 Å². The summed E-state index contributed by atoms with van der Waals surface area (Å²) in [5, 5.41) is 5.09. The van der Waals surface area contributed by atoms with Crippen LogP contribution in [0.2, 0.25) is 0 Å². The quantitative estimate of drug-likeness (QED) is 0.783. The van der Waals surface area contributed by atoms with Crippen molar-refractivity contribution in [2.24, 2.45) is 0 Å². The van der Waals surface area contributed by atoms with E-state index in [0.29, 0.717) is 18.5 Å². The second-order valence-corrected chi connectivity index (χ2v) is 5.81. The summed E-state index contributed by atoms with van der Waals surface area (Å²) in [6, 6.07) is 7.14. The highest BCUT2D eigenvalue weighted by Crippen LogP contribution is 2.06. The average molecular weight is 306 g/mol. The number of benzene rings is 1. The van der Waals surface area contributed by atoms with E-state index < -0.39 is 11.7 Å². The Bertz CT molecular complexity index is 518. The maximum Gasteiger partial charge on any atom is 0.408 e. The van der Waals surface area contributed by atoms with Gasteiger partial charge in [-0.1, -0.05) is 24.3 Å². The zero-order valence-corrected chi connectivity index (χ0v) is 13.1. The van der Waals surface area contributed by atoms with Crippen LogP contribution < -0.4 is 10.6 Å². The van der Waals surface area contributed by atoms with Crippen molar-refractivity contribution in [1.29, 1.82) is 0 Å². The van der Waals surface area contributed by atoms with Crippen molar-refractivity contribution >= 4 is 18.3 Å². The third kappa shape index (κ3) is 7.42. The molecule has 0 bridgehead atoms. The Hall–Kier alpha value is -2.37. The molecule has 0 heterocycles. The predicted molar refractivity (Wildman–Crippen MR) is 82.8 cm³/mol. The number of amides is 2. The van der Waals surface area contributed by atoms with Gasteiger partial charge < -0.3 is 15.4 Å². The first-order valence-electron chi connectivity index (χ1n) is 7.08. The lowest BCUT2D eigenvalue weighted by Gasteiger charge is -2.19. The number of hydrogen-bond donors (Lipinski definition) is 2. The highest BCUT2D eigenvalue weighted by atomic mass is 16.6. The third-order valence-corrected chi connectivity index (χ3v) is 2.64. The van der Waals surface area contributed by atoms with E-state index >= 15 is 0 Å². The molecule has 0 saturated carbocycles. The van der Waals surface area contributed by atoms with Gasteiger partial charge in [0.1, 0.15) is 11.9 Å². The number of ether oxygens (including phenoxy) is 1. The molecule has 22 heavy (non-hydrogen) atoms. The molecule has 0 spiro atoms. The molecule has 1 aromatic rings. The first-order chi connectivity index (χ1) is 10.3. The third-order valence-electron chi connectivity index (χ3n) is 2.64. The summed E-state index contributed by atoms with van der Waals surface area (Å²) in [5.41, 5.74) is 1.05. The lowest BCUT2D eigenvalue weighted by atomic mass is 10.1. The Morgan fingerprint density at radius 1 is 1.14 bits per heavy atom. The fraction of sp³-hybridized carbons (Fsp3) is 0.438. The van der Waals surface area contributed by atoms with Crippen molar-refractivity contribution in [2.45, 2.75) is 32.8 Å². The molecule has 2 amide bonds. The smallest absolute Gasteiger partial charge is 0.408 e. The van der Waals surface area contributed by atoms with Crippen LogP contribution in [0.4, 0.5) is 4.79 Å². The van der Waals surface area contributed by atoms with Crippen molar-refractivity contribution in [2.75, 3.05) is 13.1 Å². The minimum absolute atomic E-state index is 0.126. The lowest BCUT2D eigenvalue weighted by molar-refractivity contribution is -0.120. The van der Waals surface area contributed by atoms with E-state index in [1.807, 2.05) is 12.1 Å². The molecule has 0 aliphatic heterocycles. The maximum absolute atomic E-state index is 11.6. The average Bonchev–Trinajstić information content (AvgIpc) is 2.44. The molecule has 0 atom stereocenters. The van der Waals surface area contributed by atoms with Crippen molar-refractivity contribution in [3.8, 4) is 0 Å². The Morgan fingerprint density at radius 3 is 2.32 bits per heavy atom. The number of carbonyl (C=O) groups excluding carboxylic acids is 3. The summed E-state index contributed by atoms with van der Waals surface area (Å²) in [4.78, 5) is 33.5. The molecule has 0 aliphatic rings. The van der Waals surface area contributed by atoms with Gasteiger partial charge >= 0.3 is 6.09 Å². The molecule has 0 unspecified atom stereocenters. The van der Waals surface area contributed by atoms with Crippen molar-refractivity contribution < 1.29 is 19.1 Å². The number of carbonyl (C=O) groups is 3. The summed E-state index contributed by atoms with van der Waals surface area (Å²) in [7, 11) is 0. The molecular formula is C16H22N2O4. The van der Waals surface area contributed by atoms with Gasteiger partial charge in [0.05, 0.1) is 6.54 Å². The zero-order chi connectivity index (χ0) is 16.6. The predicted octanol–water partition coefficient (Wildman–Crippen LogP) is 1.68. The number of aldehydes is 1. The molecule has 2 N–H and O–H groups in total. The second-order valence-electron chi connectivity index (χ2n) is 5.81. The molecule has 1 aromatic carbocycles. The van der Waals surface area contributed by atoms with Gasteiger partial charge in [0.25, 0.3) is 0 Å². The minimum atomic E-state index is -0.618. The molecule has 0 fully saturated rings. The van der Waals surface area contributed by atoms with Crippen LogP contribution in [0, 0.1) is 0 Å². The summed E-state index contributed by atoms with van der Waals surface area (Å²) >= 11 is 0. The van der Waals surface area contributed by atoms with E-state index in [0.717, 1.165) is 11.8 Å². The highest BCUT2D eigenvalue weighted by molar-refractivity contribution is 5.82. The van der Waals surface area contributed by atoms with Gasteiger partial charge in [0.15, 0.2) is 0 Å². The van der Waals surface area contributed by atoms with E-state index in [-0.39, 0.29) is 12.5 Å². The Labute approximate surface area is 130 Å². The second kappa shape index (κ2) is 8.17. The van der Waals surface area contributed by atoms with Gasteiger partial charge in [-0.3, -0.25) is 9.59 Å². The van der Waals surface area contributed by atoms with Gasteiger partial charge in [-0.05, 0) is 32.8 Å². The first-order valence-corrected chi connectivity index (χ1v) is 7.08. The number of nitrogens with one attached hydrogen (secondary N) is 2. The molecule has 0 aromatic heterocycles. The van der Waals surface area contributed by atoms with E-state index in [2.05, 4.69) is 10.6 Å². The Morgan fingerprint density at radius 2 is 1.77 bits per heavy atom. The van der Waals surface area contributed by atoms with Crippen LogP contribution in [0.1, 0.15) is 36.7 Å². The van der Waals surface area contributed by atoms with E-state index in [4.69, 9.17) is 4.74 Å². The summed E-state index contributed by atoms with van der Waals surface area (Å²) in [6.07, 6.45) is 0.817. The summed E-state index contributed by atoms with van der Waals surface area (Å²) in [5.74, 6) is -0.282. The van der Waals surface area contributed by atoms with Crippen LogP contribution in [0.3, 0.4) is 0 Å². The summed E-state index contributed by atoms with van der Waals surface area (Å²) in [6.45, 7) is 5.59. The number of hydrogen-bond acceptors (Lipinski definition) is 4. The molecule has 120 valence electrons. The highest BCUT2D eigenvalue weighted by Gasteiger charge is 2.16. The van der Waals surface area contributed by atoms with Crippen molar-refractivity contribution in [1.82, 2.24) is 10.6 Å². The molecular weight excluding hydrogens is 284 g/mol. The monoisotopic (exact) mass is 306 g/mol. The van der Waals surface area contributed by atoms with Crippen LogP contribution in [-0.2, 0) is 16.0 Å². The fourth-order valence-corrected chi connectivity index (χ4v) is 1.64. The van der Waals surface area contributed by atoms with Crippen molar-refractivity contribution in [3.63, 3.8) is 0 Å². The number of alkyl carbamates (subject to hydrolysis) is 1. The molecule has 0 radical (unpaired) electrons. The first kappa shape index (κ1) is 17.7. The van der Waals surface area contributed by atoms with Gasteiger partial charge in [-0.15, -0.1) is 0 Å². The van der Waals surface area contributed by atoms with Gasteiger partial charge in [0.2, 0.25) is 5.91 Å². The van der Waals surface area contributed by atoms with Crippen molar-refractivity contribution in [3.05, 3.63) is 35.4 Å². The standard InChI is InChI=1S/C16H22N2O4/c1-16(2,3)22-15(21)18-10-14(20)17-9-8-12-4-6-13(11-19)7-5-12/h4-7,11H,8-10H2,1-3H3,(H,17,20)(H,18,21). The summed E-state index contributed by atoms with van der Waals surface area (Å²) < 4.78 is 5.03. The van der Waals surface area contributed by atoms with E-state index in [1.54, 1.807) is 32.9 Å². The Balaban J connectivity index is 2.22. The number of rotatable bonds is 6. The van der Waals surface area contributed by atoms with Gasteiger partial charge in [0, 0.05) is 12.1 Å². The Kier molecular flexibility index (Phi) is 6.56. The largest absolute Gasteiger partial charge is 0.444 e. The minimum Gasteiger partial charge on any atom is -0.444 e. The molecule has 0 aliphatic carbocycles. The fourth-order valence-electron chi connectivity index (χ4n) is 1.64. The van der Waals surface area contributed by atoms with Gasteiger partial charge in [-0.2, -0.15) is 0 Å². The molecule has 0 saturated heterocycles. The van der Waals surface area contributed by atoms with Crippen LogP contribution >= 0.6 is 0 Å². The van der Waals surface area contributed by atoms with E-state index in [9.17, 15) is 14.4 Å². The SMILES string of the molecule is CC(C)(C)OC(=O)NCC(=O)NCCc1ccc(C=O)cc1. The molecule has 1 rings (SSSR count). The van der Waals surface area contributed by atoms with Crippen LogP contribution in [0.25, 0.3) is 0 Å².